The van der Waals surface area contributed by atoms with Crippen LogP contribution in [0.4, 0.5) is 17.5 Å². The van der Waals surface area contributed by atoms with Crippen molar-refractivity contribution in [2.45, 2.75) is 17.9 Å². The van der Waals surface area contributed by atoms with Crippen LogP contribution in [0.3, 0.4) is 0 Å². The van der Waals surface area contributed by atoms with E-state index in [4.69, 9.17) is 0 Å². The molecule has 2 N–H and O–H groups in total. The molecule has 0 unspecified atom stereocenters. The fourth-order valence-electron chi connectivity index (χ4n) is 3.24. The molecule has 1 aliphatic heterocycles. The van der Waals surface area contributed by atoms with Crippen molar-refractivity contribution < 1.29 is 8.42 Å². The summed E-state index contributed by atoms with van der Waals surface area (Å²) in [6.45, 7) is 1.73. The van der Waals surface area contributed by atoms with E-state index in [9.17, 15) is 8.42 Å². The highest BCUT2D eigenvalue weighted by atomic mass is 32.2. The average molecular weight is 395 g/mol. The molecule has 0 radical (unpaired) electrons. The van der Waals surface area contributed by atoms with Gasteiger partial charge >= 0.3 is 0 Å². The van der Waals surface area contributed by atoms with Gasteiger partial charge in [-0.1, -0.05) is 24.3 Å². The van der Waals surface area contributed by atoms with Crippen LogP contribution in [0.2, 0.25) is 0 Å². The van der Waals surface area contributed by atoms with Gasteiger partial charge in [0.25, 0.3) is 0 Å². The predicted molar refractivity (Wildman–Crippen MR) is 109 cm³/mol. The number of nitrogens with zero attached hydrogens (tertiary/aromatic N) is 3. The Morgan fingerprint density at radius 3 is 2.50 bits per heavy atom. The van der Waals surface area contributed by atoms with E-state index in [-0.39, 0.29) is 4.90 Å². The van der Waals surface area contributed by atoms with E-state index in [2.05, 4.69) is 49.2 Å². The summed E-state index contributed by atoms with van der Waals surface area (Å²) >= 11 is 0. The second-order valence-electron chi connectivity index (χ2n) is 6.54. The Bertz CT molecular complexity index is 1080. The largest absolute Gasteiger partial charge is 0.352 e. The summed E-state index contributed by atoms with van der Waals surface area (Å²) in [5, 5.41) is 3.14. The number of benzene rings is 2. The molecular weight excluding hydrogens is 374 g/mol. The molecule has 0 bridgehead atoms. The van der Waals surface area contributed by atoms with E-state index in [0.717, 1.165) is 31.0 Å². The van der Waals surface area contributed by atoms with E-state index in [0.29, 0.717) is 5.95 Å². The Morgan fingerprint density at radius 2 is 1.75 bits per heavy atom. The first-order chi connectivity index (χ1) is 13.5. The van der Waals surface area contributed by atoms with Crippen molar-refractivity contribution in [2.24, 2.45) is 0 Å². The molecule has 28 heavy (non-hydrogen) atoms. The summed E-state index contributed by atoms with van der Waals surface area (Å²) in [5.74, 6) is 1.34. The first-order valence-corrected chi connectivity index (χ1v) is 10.5. The van der Waals surface area contributed by atoms with E-state index < -0.39 is 10.0 Å². The molecule has 144 valence electrons. The Balaban J connectivity index is 1.50. The van der Waals surface area contributed by atoms with E-state index >= 15 is 0 Å². The minimum atomic E-state index is -3.45. The molecule has 0 aliphatic carbocycles. The highest BCUT2D eigenvalue weighted by Crippen LogP contribution is 2.24. The quantitative estimate of drug-likeness (QED) is 0.691. The highest BCUT2D eigenvalue weighted by Gasteiger charge is 2.17. The van der Waals surface area contributed by atoms with Crippen molar-refractivity contribution >= 4 is 27.5 Å². The van der Waals surface area contributed by atoms with Crippen LogP contribution in [0.1, 0.15) is 11.1 Å². The van der Waals surface area contributed by atoms with Gasteiger partial charge in [-0.05, 0) is 54.9 Å². The van der Waals surface area contributed by atoms with Gasteiger partial charge in [0, 0.05) is 25.0 Å². The number of hydrogen-bond acceptors (Lipinski definition) is 6. The predicted octanol–water partition coefficient (Wildman–Crippen LogP) is 2.69. The fraction of sp³-hybridized carbons (Fsp3) is 0.200. The molecule has 0 atom stereocenters. The number of hydrogen-bond donors (Lipinski definition) is 2. The van der Waals surface area contributed by atoms with Crippen LogP contribution < -0.4 is 14.9 Å². The molecular formula is C20H21N5O2S. The van der Waals surface area contributed by atoms with Crippen molar-refractivity contribution in [1.29, 1.82) is 0 Å². The van der Waals surface area contributed by atoms with Gasteiger partial charge in [0.2, 0.25) is 16.0 Å². The third kappa shape index (κ3) is 3.83. The SMILES string of the molecule is CNS(=O)(=O)c1ccc(Nc2nccc(N3CCc4ccccc4C3)n2)cc1. The van der Waals surface area contributed by atoms with Gasteiger partial charge in [0.05, 0.1) is 4.90 Å². The molecule has 0 amide bonds. The van der Waals surface area contributed by atoms with E-state index in [1.54, 1.807) is 30.5 Å². The summed E-state index contributed by atoms with van der Waals surface area (Å²) < 4.78 is 25.9. The standard InChI is InChI=1S/C20H21N5O2S/c1-21-28(26,27)18-8-6-17(7-9-18)23-20-22-12-10-19(24-20)25-13-11-15-4-2-3-5-16(15)14-25/h2-10,12,21H,11,13-14H2,1H3,(H,22,23,24). The molecule has 2 heterocycles. The lowest BCUT2D eigenvalue weighted by atomic mass is 10.00. The van der Waals surface area contributed by atoms with Gasteiger partial charge in [-0.15, -0.1) is 0 Å². The van der Waals surface area contributed by atoms with Crippen LogP contribution in [0.15, 0.2) is 65.7 Å². The third-order valence-corrected chi connectivity index (χ3v) is 6.22. The van der Waals surface area contributed by atoms with Gasteiger partial charge < -0.3 is 10.2 Å². The lowest BCUT2D eigenvalue weighted by Crippen LogP contribution is -2.31. The molecule has 7 nitrogen and oxygen atoms in total. The van der Waals surface area contributed by atoms with Crippen molar-refractivity contribution in [2.75, 3.05) is 23.8 Å². The first kappa shape index (κ1) is 18.4. The number of anilines is 3. The third-order valence-electron chi connectivity index (χ3n) is 4.79. The topological polar surface area (TPSA) is 87.2 Å². The Kier molecular flexibility index (Phi) is 4.97. The lowest BCUT2D eigenvalue weighted by Gasteiger charge is -2.29. The Hall–Kier alpha value is -2.97. The zero-order valence-electron chi connectivity index (χ0n) is 15.5. The van der Waals surface area contributed by atoms with E-state index in [1.165, 1.54) is 18.2 Å². The normalized spacial score (nSPS) is 13.8. The van der Waals surface area contributed by atoms with Crippen molar-refractivity contribution in [3.63, 3.8) is 0 Å². The maximum absolute atomic E-state index is 11.8. The van der Waals surface area contributed by atoms with Gasteiger partial charge in [-0.3, -0.25) is 0 Å². The van der Waals surface area contributed by atoms with Gasteiger partial charge in [0.1, 0.15) is 5.82 Å². The van der Waals surface area contributed by atoms with Crippen molar-refractivity contribution in [3.8, 4) is 0 Å². The molecule has 1 aromatic heterocycles. The number of rotatable bonds is 5. The van der Waals surface area contributed by atoms with Gasteiger partial charge in [-0.25, -0.2) is 18.1 Å². The molecule has 0 saturated heterocycles. The second kappa shape index (κ2) is 7.57. The van der Waals surface area contributed by atoms with Crippen LogP contribution in [0.5, 0.6) is 0 Å². The zero-order chi connectivity index (χ0) is 19.6. The number of nitrogens with one attached hydrogen (secondary N) is 2. The average Bonchev–Trinajstić information content (AvgIpc) is 2.74. The summed E-state index contributed by atoms with van der Waals surface area (Å²) in [4.78, 5) is 11.4. The lowest BCUT2D eigenvalue weighted by molar-refractivity contribution is 0.588. The van der Waals surface area contributed by atoms with Crippen LogP contribution in [0, 0.1) is 0 Å². The zero-order valence-corrected chi connectivity index (χ0v) is 16.3. The van der Waals surface area contributed by atoms with Gasteiger partial charge in [0.15, 0.2) is 0 Å². The van der Waals surface area contributed by atoms with Crippen LogP contribution in [-0.4, -0.2) is 32.0 Å². The molecule has 0 spiro atoms. The second-order valence-corrected chi connectivity index (χ2v) is 8.42. The molecule has 0 fully saturated rings. The Morgan fingerprint density at radius 1 is 1.00 bits per heavy atom. The molecule has 8 heteroatoms. The number of sulfonamides is 1. The van der Waals surface area contributed by atoms with Gasteiger partial charge in [-0.2, -0.15) is 4.98 Å². The fourth-order valence-corrected chi connectivity index (χ4v) is 3.97. The maximum atomic E-state index is 11.8. The smallest absolute Gasteiger partial charge is 0.240 e. The molecule has 4 rings (SSSR count). The first-order valence-electron chi connectivity index (χ1n) is 9.00. The summed E-state index contributed by atoms with van der Waals surface area (Å²) in [7, 11) is -2.06. The molecule has 3 aromatic rings. The maximum Gasteiger partial charge on any atom is 0.240 e. The van der Waals surface area contributed by atoms with Crippen molar-refractivity contribution in [1.82, 2.24) is 14.7 Å². The van der Waals surface area contributed by atoms with Crippen LogP contribution >= 0.6 is 0 Å². The Labute approximate surface area is 164 Å². The molecule has 2 aromatic carbocycles. The summed E-state index contributed by atoms with van der Waals surface area (Å²) in [6, 6.07) is 16.8. The van der Waals surface area contributed by atoms with Crippen molar-refractivity contribution in [3.05, 3.63) is 71.9 Å². The van der Waals surface area contributed by atoms with E-state index in [1.807, 2.05) is 6.07 Å². The minimum absolute atomic E-state index is 0.210. The monoisotopic (exact) mass is 395 g/mol. The molecule has 1 aliphatic rings. The summed E-state index contributed by atoms with van der Waals surface area (Å²) in [5.41, 5.74) is 3.43. The summed E-state index contributed by atoms with van der Waals surface area (Å²) in [6.07, 6.45) is 2.72. The van der Waals surface area contributed by atoms with Crippen LogP contribution in [-0.2, 0) is 23.0 Å². The number of fused-ring (bicyclic) bond motifs is 1. The molecule has 0 saturated carbocycles. The minimum Gasteiger partial charge on any atom is -0.352 e. The number of aromatic nitrogens is 2. The van der Waals surface area contributed by atoms with Crippen LogP contribution in [0.25, 0.3) is 0 Å². The highest BCUT2D eigenvalue weighted by molar-refractivity contribution is 7.89.